The van der Waals surface area contributed by atoms with Gasteiger partial charge in [-0.3, -0.25) is 19.1 Å². The number of aromatic nitrogens is 1. The third-order valence-electron chi connectivity index (χ3n) is 6.43. The Labute approximate surface area is 241 Å². The molecule has 0 saturated carbocycles. The number of carbonyl (C=O) groups excluding carboxylic acids is 3. The summed E-state index contributed by atoms with van der Waals surface area (Å²) in [5, 5.41) is 2.59. The minimum Gasteiger partial charge on any atom is -0.350 e. The van der Waals surface area contributed by atoms with Crippen LogP contribution in [0.3, 0.4) is 0 Å². The number of Topliss-reactive ketones (excluding diaryl/α,β-unsaturated/α-hetero) is 1. The second kappa shape index (κ2) is 11.9. The molecular weight excluding hydrogens is 613 g/mol. The van der Waals surface area contributed by atoms with E-state index in [1.807, 2.05) is 0 Å². The van der Waals surface area contributed by atoms with Crippen LogP contribution in [0.4, 0.5) is 27.6 Å². The lowest BCUT2D eigenvalue weighted by atomic mass is 10.1. The van der Waals surface area contributed by atoms with Crippen molar-refractivity contribution in [2.75, 3.05) is 11.3 Å². The molecule has 0 unspecified atom stereocenters. The van der Waals surface area contributed by atoms with Crippen molar-refractivity contribution in [3.8, 4) is 0 Å². The molecule has 0 aliphatic carbocycles. The summed E-state index contributed by atoms with van der Waals surface area (Å²) in [7, 11) is -5.07. The van der Waals surface area contributed by atoms with Crippen LogP contribution in [0.2, 0.25) is 5.02 Å². The number of nitrogens with zero attached hydrogens (tertiary/aromatic N) is 2. The summed E-state index contributed by atoms with van der Waals surface area (Å²) in [5.41, 5.74) is 0.00467. The van der Waals surface area contributed by atoms with E-state index in [1.165, 1.54) is 42.0 Å². The number of halogens is 6. The van der Waals surface area contributed by atoms with Gasteiger partial charge in [0, 0.05) is 35.7 Å². The Morgan fingerprint density at radius 1 is 1.14 bits per heavy atom. The van der Waals surface area contributed by atoms with Crippen molar-refractivity contribution in [2.24, 2.45) is 0 Å². The Morgan fingerprint density at radius 3 is 2.52 bits per heavy atom. The van der Waals surface area contributed by atoms with Crippen molar-refractivity contribution in [1.82, 2.24) is 19.5 Å². The quantitative estimate of drug-likeness (QED) is 0.188. The molecule has 4 rings (SSSR count). The summed E-state index contributed by atoms with van der Waals surface area (Å²) in [6, 6.07) is 6.51. The van der Waals surface area contributed by atoms with Crippen LogP contribution in [0.15, 0.2) is 42.6 Å². The molecule has 1 fully saturated rings. The van der Waals surface area contributed by atoms with Crippen molar-refractivity contribution in [3.05, 3.63) is 64.6 Å². The molecule has 2 amide bonds. The molecule has 1 aliphatic heterocycles. The first kappa shape index (κ1) is 31.2. The zero-order valence-electron chi connectivity index (χ0n) is 21.6. The lowest BCUT2D eigenvalue weighted by molar-refractivity contribution is -0.139. The molecule has 3 N–H and O–H groups in total. The minimum absolute atomic E-state index is 0.0796. The SMILES string of the molecule is CC(=O)c1cn(CC(=O)N2C[C@H](F)C[C@H]2C(=O)NCc2cccc(Cl)c2F)c2cc(NS(=O)(=O)NC(F)(F)F)ccc12. The van der Waals surface area contributed by atoms with Crippen LogP contribution in [-0.4, -0.2) is 60.5 Å². The molecule has 2 atom stereocenters. The molecule has 1 aromatic heterocycles. The minimum atomic E-state index is -5.24. The van der Waals surface area contributed by atoms with Crippen molar-refractivity contribution >= 4 is 56.0 Å². The van der Waals surface area contributed by atoms with Gasteiger partial charge in [0.1, 0.15) is 24.6 Å². The number of ketones is 1. The number of hydrogen-bond donors (Lipinski definition) is 3. The number of hydrogen-bond acceptors (Lipinski definition) is 5. The predicted octanol–water partition coefficient (Wildman–Crippen LogP) is 3.66. The smallest absolute Gasteiger partial charge is 0.350 e. The Balaban J connectivity index is 1.56. The number of rotatable bonds is 9. The van der Waals surface area contributed by atoms with Gasteiger partial charge in [-0.15, -0.1) is 4.72 Å². The highest BCUT2D eigenvalue weighted by Gasteiger charge is 2.40. The third-order valence-corrected chi connectivity index (χ3v) is 7.72. The van der Waals surface area contributed by atoms with Crippen LogP contribution in [0.1, 0.15) is 29.3 Å². The van der Waals surface area contributed by atoms with Gasteiger partial charge in [0.2, 0.25) is 11.8 Å². The average Bonchev–Trinajstić information content (AvgIpc) is 3.43. The number of likely N-dealkylation sites (tertiary alicyclic amines) is 1. The van der Waals surface area contributed by atoms with Crippen LogP contribution in [-0.2, 0) is 32.9 Å². The molecule has 3 aromatic rings. The number of nitrogens with one attached hydrogen (secondary N) is 3. The van der Waals surface area contributed by atoms with Gasteiger partial charge < -0.3 is 14.8 Å². The maximum atomic E-state index is 14.4. The standard InChI is InChI=1S/C25H23ClF5N5O5S/c1-13(37)18-11-35(20-8-16(5-6-17(18)20)33-42(40,41)34-25(29,30)31)12-22(38)36-10-15(27)7-21(36)24(39)32-9-14-3-2-4-19(26)23(14)28/h2-6,8,11,15,21,33-34H,7,9-10,12H2,1H3,(H,32,39)/t15-,21+/m1/s1. The van der Waals surface area contributed by atoms with Gasteiger partial charge in [-0.25, -0.2) is 8.78 Å². The van der Waals surface area contributed by atoms with Gasteiger partial charge in [-0.1, -0.05) is 29.8 Å². The summed E-state index contributed by atoms with van der Waals surface area (Å²) in [5.74, 6) is -2.63. The van der Waals surface area contributed by atoms with Gasteiger partial charge >= 0.3 is 16.5 Å². The van der Waals surface area contributed by atoms with E-state index in [0.717, 1.165) is 17.0 Å². The monoisotopic (exact) mass is 635 g/mol. The fraction of sp³-hybridized carbons (Fsp3) is 0.320. The topological polar surface area (TPSA) is 130 Å². The fourth-order valence-electron chi connectivity index (χ4n) is 4.63. The first-order chi connectivity index (χ1) is 19.5. The van der Waals surface area contributed by atoms with E-state index in [0.29, 0.717) is 4.72 Å². The average molecular weight is 636 g/mol. The second-order valence-electron chi connectivity index (χ2n) is 9.49. The third kappa shape index (κ3) is 7.17. The number of alkyl halides is 4. The zero-order valence-corrected chi connectivity index (χ0v) is 23.2. The molecule has 2 aromatic carbocycles. The molecule has 10 nitrogen and oxygen atoms in total. The maximum absolute atomic E-state index is 14.4. The first-order valence-corrected chi connectivity index (χ1v) is 14.1. The van der Waals surface area contributed by atoms with E-state index < -0.39 is 65.2 Å². The van der Waals surface area contributed by atoms with E-state index in [9.17, 15) is 44.8 Å². The van der Waals surface area contributed by atoms with Gasteiger partial charge in [0.25, 0.3) is 0 Å². The number of amides is 2. The van der Waals surface area contributed by atoms with Crippen molar-refractivity contribution in [1.29, 1.82) is 0 Å². The van der Waals surface area contributed by atoms with E-state index in [1.54, 1.807) is 4.72 Å². The molecule has 42 heavy (non-hydrogen) atoms. The number of anilines is 1. The first-order valence-electron chi connectivity index (χ1n) is 12.2. The summed E-state index contributed by atoms with van der Waals surface area (Å²) in [6.45, 7) is 0.0183. The lowest BCUT2D eigenvalue weighted by Crippen LogP contribution is -2.46. The van der Waals surface area contributed by atoms with E-state index in [4.69, 9.17) is 11.6 Å². The molecule has 0 spiro atoms. The fourth-order valence-corrected chi connectivity index (χ4v) is 5.62. The maximum Gasteiger partial charge on any atom is 0.472 e. The van der Waals surface area contributed by atoms with Crippen LogP contribution in [0.5, 0.6) is 0 Å². The number of fused-ring (bicyclic) bond motifs is 1. The largest absolute Gasteiger partial charge is 0.472 e. The van der Waals surface area contributed by atoms with E-state index in [2.05, 4.69) is 5.32 Å². The number of benzene rings is 2. The molecule has 0 bridgehead atoms. The highest BCUT2D eigenvalue weighted by Crippen LogP contribution is 2.28. The predicted molar refractivity (Wildman–Crippen MR) is 142 cm³/mol. The van der Waals surface area contributed by atoms with Crippen molar-refractivity contribution in [2.45, 2.75) is 44.9 Å². The van der Waals surface area contributed by atoms with Crippen molar-refractivity contribution < 1.29 is 44.8 Å². The van der Waals surface area contributed by atoms with Gasteiger partial charge in [-0.05, 0) is 25.1 Å². The zero-order chi connectivity index (χ0) is 31.0. The van der Waals surface area contributed by atoms with E-state index >= 15 is 0 Å². The Morgan fingerprint density at radius 2 is 1.86 bits per heavy atom. The highest BCUT2D eigenvalue weighted by atomic mass is 35.5. The van der Waals surface area contributed by atoms with Crippen LogP contribution >= 0.6 is 11.6 Å². The molecule has 1 saturated heterocycles. The number of carbonyl (C=O) groups is 3. The molecule has 2 heterocycles. The van der Waals surface area contributed by atoms with Gasteiger partial charge in [-0.2, -0.15) is 21.6 Å². The van der Waals surface area contributed by atoms with E-state index in [-0.39, 0.29) is 45.7 Å². The molecule has 17 heteroatoms. The molecule has 226 valence electrons. The molecular formula is C25H23ClF5N5O5S. The summed E-state index contributed by atoms with van der Waals surface area (Å²) in [6.07, 6.45) is -5.81. The summed E-state index contributed by atoms with van der Waals surface area (Å²) >= 11 is 5.75. The second-order valence-corrected chi connectivity index (χ2v) is 11.3. The Bertz CT molecular complexity index is 1660. The van der Waals surface area contributed by atoms with Gasteiger partial charge in [0.15, 0.2) is 5.78 Å². The lowest BCUT2D eigenvalue weighted by Gasteiger charge is -2.24. The Kier molecular flexibility index (Phi) is 8.80. The normalized spacial score (nSPS) is 17.5. The van der Waals surface area contributed by atoms with Crippen LogP contribution in [0.25, 0.3) is 10.9 Å². The Hall–Kier alpha value is -3.76. The molecule has 1 aliphatic rings. The van der Waals surface area contributed by atoms with Crippen LogP contribution < -0.4 is 14.8 Å². The summed E-state index contributed by atoms with van der Waals surface area (Å²) in [4.78, 5) is 39.4. The highest BCUT2D eigenvalue weighted by molar-refractivity contribution is 7.90. The summed E-state index contributed by atoms with van der Waals surface area (Å²) < 4.78 is 93.4. The van der Waals surface area contributed by atoms with Crippen LogP contribution in [0, 0.1) is 5.82 Å². The van der Waals surface area contributed by atoms with Crippen molar-refractivity contribution in [3.63, 3.8) is 0 Å². The molecule has 0 radical (unpaired) electrons. The van der Waals surface area contributed by atoms with Gasteiger partial charge in [0.05, 0.1) is 22.8 Å².